The van der Waals surface area contributed by atoms with Crippen molar-refractivity contribution in [2.75, 3.05) is 25.5 Å². The highest BCUT2D eigenvalue weighted by Gasteiger charge is 2.38. The molecule has 8 nitrogen and oxygen atoms in total. The van der Waals surface area contributed by atoms with Crippen LogP contribution in [0.25, 0.3) is 0 Å². The van der Waals surface area contributed by atoms with Gasteiger partial charge in [0.25, 0.3) is 11.8 Å². The van der Waals surface area contributed by atoms with Gasteiger partial charge in [-0.15, -0.1) is 11.3 Å². The van der Waals surface area contributed by atoms with Crippen LogP contribution in [0.1, 0.15) is 69.2 Å². The van der Waals surface area contributed by atoms with Crippen molar-refractivity contribution in [2.24, 2.45) is 0 Å². The van der Waals surface area contributed by atoms with Crippen LogP contribution in [0.15, 0.2) is 66.3 Å². The van der Waals surface area contributed by atoms with E-state index in [0.717, 1.165) is 40.2 Å². The quantitative estimate of drug-likeness (QED) is 0.224. The number of benzene rings is 2. The third kappa shape index (κ3) is 7.64. The standard InChI is InChI=1S/C33H37F2N5O3S/c1-20(2)24-11-28(16-36-15-24)39(5)17-29(41)33(4,25-12-26(34)14-27(35)13-25)38-31(42)22-8-7-9-23(10-22)32(43)40(6)18-30-37-21(3)19-44-30/h7-16,19-20,29,41H,17-18H2,1-6H3,(H,38,42)/t29-,33+/m1/s1. The normalized spacial score (nSPS) is 13.3. The highest BCUT2D eigenvalue weighted by atomic mass is 32.1. The van der Waals surface area contributed by atoms with Gasteiger partial charge in [-0.1, -0.05) is 19.9 Å². The second kappa shape index (κ2) is 13.6. The van der Waals surface area contributed by atoms with Crippen molar-refractivity contribution in [3.05, 3.63) is 111 Å². The molecule has 0 aliphatic carbocycles. The predicted octanol–water partition coefficient (Wildman–Crippen LogP) is 5.66. The number of rotatable bonds is 11. The zero-order chi connectivity index (χ0) is 32.2. The van der Waals surface area contributed by atoms with Gasteiger partial charge >= 0.3 is 0 Å². The van der Waals surface area contributed by atoms with Crippen LogP contribution in [0.5, 0.6) is 0 Å². The summed E-state index contributed by atoms with van der Waals surface area (Å²) in [7, 11) is 3.41. The zero-order valence-electron chi connectivity index (χ0n) is 25.6. The van der Waals surface area contributed by atoms with E-state index in [1.807, 2.05) is 32.2 Å². The van der Waals surface area contributed by atoms with E-state index in [1.54, 1.807) is 43.5 Å². The molecule has 2 aromatic heterocycles. The van der Waals surface area contributed by atoms with Gasteiger partial charge in [0.1, 0.15) is 16.6 Å². The van der Waals surface area contributed by atoms with Crippen molar-refractivity contribution in [3.63, 3.8) is 0 Å². The molecule has 0 spiro atoms. The average Bonchev–Trinajstić information content (AvgIpc) is 3.40. The molecule has 2 amide bonds. The van der Waals surface area contributed by atoms with Gasteiger partial charge in [-0.05, 0) is 67.3 Å². The fourth-order valence-corrected chi connectivity index (χ4v) is 5.61. The molecule has 2 atom stereocenters. The molecular weight excluding hydrogens is 584 g/mol. The number of hydrogen-bond acceptors (Lipinski definition) is 7. The van der Waals surface area contributed by atoms with Gasteiger partial charge < -0.3 is 20.2 Å². The Hall–Kier alpha value is -4.22. The van der Waals surface area contributed by atoms with Gasteiger partial charge in [-0.3, -0.25) is 14.6 Å². The zero-order valence-corrected chi connectivity index (χ0v) is 26.5. The molecule has 0 aliphatic rings. The lowest BCUT2D eigenvalue weighted by Gasteiger charge is -2.38. The smallest absolute Gasteiger partial charge is 0.253 e. The summed E-state index contributed by atoms with van der Waals surface area (Å²) < 4.78 is 28.8. The first-order chi connectivity index (χ1) is 20.8. The maximum absolute atomic E-state index is 14.4. The van der Waals surface area contributed by atoms with Gasteiger partial charge in [0, 0.05) is 55.1 Å². The Balaban J connectivity index is 1.60. The fraction of sp³-hybridized carbons (Fsp3) is 0.333. The molecule has 2 heterocycles. The van der Waals surface area contributed by atoms with E-state index in [4.69, 9.17) is 0 Å². The number of carbonyl (C=O) groups is 2. The molecule has 2 aromatic carbocycles. The summed E-state index contributed by atoms with van der Waals surface area (Å²) in [5, 5.41) is 17.1. The number of amides is 2. The lowest BCUT2D eigenvalue weighted by molar-refractivity contribution is 0.0591. The van der Waals surface area contributed by atoms with E-state index < -0.39 is 29.2 Å². The number of pyridine rings is 1. The largest absolute Gasteiger partial charge is 0.388 e. The van der Waals surface area contributed by atoms with Crippen LogP contribution in [-0.2, 0) is 12.1 Å². The monoisotopic (exact) mass is 621 g/mol. The van der Waals surface area contributed by atoms with Crippen LogP contribution >= 0.6 is 11.3 Å². The summed E-state index contributed by atoms with van der Waals surface area (Å²) in [6, 6.07) is 11.0. The summed E-state index contributed by atoms with van der Waals surface area (Å²) in [5.41, 5.74) is 1.46. The van der Waals surface area contributed by atoms with Crippen molar-refractivity contribution in [1.82, 2.24) is 20.2 Å². The molecule has 232 valence electrons. The third-order valence-electron chi connectivity index (χ3n) is 7.56. The van der Waals surface area contributed by atoms with E-state index in [1.165, 1.54) is 35.3 Å². The molecular formula is C33H37F2N5O3S. The first-order valence-corrected chi connectivity index (χ1v) is 15.0. The minimum atomic E-state index is -1.63. The SMILES string of the molecule is Cc1csc(CN(C)C(=O)c2cccc(C(=O)N[C@@](C)(c3cc(F)cc(F)c3)[C@H](O)CN(C)c3cncc(C(C)C)c3)c2)n1. The van der Waals surface area contributed by atoms with Crippen molar-refractivity contribution < 1.29 is 23.5 Å². The average molecular weight is 622 g/mol. The van der Waals surface area contributed by atoms with Crippen molar-refractivity contribution >= 4 is 28.8 Å². The van der Waals surface area contributed by atoms with Crippen LogP contribution in [0, 0.1) is 18.6 Å². The topological polar surface area (TPSA) is 98.7 Å². The number of aromatic nitrogens is 2. The second-order valence-electron chi connectivity index (χ2n) is 11.5. The van der Waals surface area contributed by atoms with E-state index >= 15 is 0 Å². The van der Waals surface area contributed by atoms with Crippen molar-refractivity contribution in [3.8, 4) is 0 Å². The van der Waals surface area contributed by atoms with E-state index in [0.29, 0.717) is 6.54 Å². The Kier molecular flexibility index (Phi) is 10.1. The van der Waals surface area contributed by atoms with E-state index in [9.17, 15) is 23.5 Å². The molecule has 44 heavy (non-hydrogen) atoms. The molecule has 0 radical (unpaired) electrons. The van der Waals surface area contributed by atoms with Crippen molar-refractivity contribution in [1.29, 1.82) is 0 Å². The van der Waals surface area contributed by atoms with Gasteiger partial charge in [0.05, 0.1) is 30.1 Å². The molecule has 0 fully saturated rings. The number of anilines is 1. The number of likely N-dealkylation sites (N-methyl/N-ethyl adjacent to an activating group) is 1. The van der Waals surface area contributed by atoms with E-state index in [-0.39, 0.29) is 35.1 Å². The Labute approximate surface area is 260 Å². The number of halogens is 2. The summed E-state index contributed by atoms with van der Waals surface area (Å²) >= 11 is 1.46. The molecule has 0 bridgehead atoms. The van der Waals surface area contributed by atoms with Crippen molar-refractivity contribution in [2.45, 2.75) is 51.8 Å². The second-order valence-corrected chi connectivity index (χ2v) is 12.4. The fourth-order valence-electron chi connectivity index (χ4n) is 4.79. The summed E-state index contributed by atoms with van der Waals surface area (Å²) in [4.78, 5) is 38.8. The van der Waals surface area contributed by atoms with Crippen LogP contribution in [0.2, 0.25) is 0 Å². The Morgan fingerprint density at radius 3 is 2.36 bits per heavy atom. The molecule has 4 aromatic rings. The highest BCUT2D eigenvalue weighted by Crippen LogP contribution is 2.29. The Morgan fingerprint density at radius 1 is 1.05 bits per heavy atom. The number of thiazole rings is 1. The summed E-state index contributed by atoms with van der Waals surface area (Å²) in [5.74, 6) is -2.39. The maximum Gasteiger partial charge on any atom is 0.253 e. The van der Waals surface area contributed by atoms with Gasteiger partial charge in [-0.2, -0.15) is 0 Å². The Morgan fingerprint density at radius 2 is 1.73 bits per heavy atom. The lowest BCUT2D eigenvalue weighted by Crippen LogP contribution is -2.55. The molecule has 0 aliphatic heterocycles. The molecule has 0 saturated carbocycles. The molecule has 4 rings (SSSR count). The number of carbonyl (C=O) groups excluding carboxylic acids is 2. The first kappa shape index (κ1) is 32.7. The summed E-state index contributed by atoms with van der Waals surface area (Å²) in [6.45, 7) is 7.79. The molecule has 0 unspecified atom stereocenters. The number of aryl methyl sites for hydroxylation is 1. The van der Waals surface area contributed by atoms with Crippen LogP contribution in [0.3, 0.4) is 0 Å². The summed E-state index contributed by atoms with van der Waals surface area (Å²) in [6.07, 6.45) is 2.11. The van der Waals surface area contributed by atoms with Crippen LogP contribution in [-0.4, -0.2) is 58.5 Å². The maximum atomic E-state index is 14.4. The first-order valence-electron chi connectivity index (χ1n) is 14.2. The van der Waals surface area contributed by atoms with Gasteiger partial charge in [0.2, 0.25) is 0 Å². The number of aliphatic hydroxyl groups is 1. The molecule has 0 saturated heterocycles. The highest BCUT2D eigenvalue weighted by molar-refractivity contribution is 7.09. The lowest BCUT2D eigenvalue weighted by atomic mass is 9.85. The number of aliphatic hydroxyl groups excluding tert-OH is 1. The molecule has 11 heteroatoms. The van der Waals surface area contributed by atoms with Crippen LogP contribution in [0.4, 0.5) is 14.5 Å². The number of hydrogen-bond donors (Lipinski definition) is 2. The van der Waals surface area contributed by atoms with Crippen LogP contribution < -0.4 is 10.2 Å². The predicted molar refractivity (Wildman–Crippen MR) is 168 cm³/mol. The number of nitrogens with one attached hydrogen (secondary N) is 1. The molecule has 2 N–H and O–H groups in total. The minimum absolute atomic E-state index is 0.00229. The minimum Gasteiger partial charge on any atom is -0.388 e. The van der Waals surface area contributed by atoms with Gasteiger partial charge in [-0.25, -0.2) is 13.8 Å². The number of nitrogens with zero attached hydrogens (tertiary/aromatic N) is 4. The third-order valence-corrected chi connectivity index (χ3v) is 8.51. The van der Waals surface area contributed by atoms with Gasteiger partial charge in [0.15, 0.2) is 0 Å². The van der Waals surface area contributed by atoms with E-state index in [2.05, 4.69) is 15.3 Å². The Bertz CT molecular complexity index is 1620.